The number of nitrogens with one attached hydrogen (secondary N) is 1. The predicted octanol–water partition coefficient (Wildman–Crippen LogP) is 3.23. The van der Waals surface area contributed by atoms with Crippen LogP contribution in [0.15, 0.2) is 42.5 Å². The van der Waals surface area contributed by atoms with Crippen molar-refractivity contribution in [1.29, 1.82) is 0 Å². The molecule has 124 valence electrons. The Morgan fingerprint density at radius 3 is 2.75 bits per heavy atom. The molecule has 5 nitrogen and oxygen atoms in total. The summed E-state index contributed by atoms with van der Waals surface area (Å²) in [4.78, 5) is 25.8. The third kappa shape index (κ3) is 3.19. The Morgan fingerprint density at radius 2 is 2.04 bits per heavy atom. The summed E-state index contributed by atoms with van der Waals surface area (Å²) in [6.07, 6.45) is -0.882. The number of carbonyl (C=O) groups excluding carboxylic acids is 2. The number of halogens is 2. The highest BCUT2D eigenvalue weighted by Crippen LogP contribution is 2.33. The van der Waals surface area contributed by atoms with Crippen LogP contribution in [0.2, 0.25) is 5.02 Å². The fraction of sp³-hybridized carbons (Fsp3) is 0.176. The van der Waals surface area contributed by atoms with Gasteiger partial charge in [-0.1, -0.05) is 23.7 Å². The number of hydrogen-bond acceptors (Lipinski definition) is 3. The monoisotopic (exact) mass is 348 g/mol. The summed E-state index contributed by atoms with van der Waals surface area (Å²) in [6.45, 7) is 1.52. The first kappa shape index (κ1) is 16.3. The van der Waals surface area contributed by atoms with Crippen molar-refractivity contribution < 1.29 is 18.7 Å². The van der Waals surface area contributed by atoms with E-state index < -0.39 is 17.8 Å². The zero-order chi connectivity index (χ0) is 17.3. The number of ether oxygens (including phenoxy) is 1. The molecule has 7 heteroatoms. The van der Waals surface area contributed by atoms with Gasteiger partial charge < -0.3 is 15.0 Å². The van der Waals surface area contributed by atoms with Crippen LogP contribution in [0.1, 0.15) is 6.92 Å². The Labute approximate surface area is 143 Å². The van der Waals surface area contributed by atoms with Crippen LogP contribution in [0.3, 0.4) is 0 Å². The maximum Gasteiger partial charge on any atom is 0.267 e. The number of nitrogens with zero attached hydrogens (tertiary/aromatic N) is 1. The van der Waals surface area contributed by atoms with E-state index in [2.05, 4.69) is 5.32 Å². The molecule has 0 spiro atoms. The summed E-state index contributed by atoms with van der Waals surface area (Å²) < 4.78 is 18.9. The van der Waals surface area contributed by atoms with Gasteiger partial charge in [-0.3, -0.25) is 9.59 Å². The van der Waals surface area contributed by atoms with E-state index in [1.54, 1.807) is 24.3 Å². The van der Waals surface area contributed by atoms with Crippen molar-refractivity contribution in [3.8, 4) is 5.75 Å². The number of para-hydroxylation sites is 2. The molecular weight excluding hydrogens is 335 g/mol. The van der Waals surface area contributed by atoms with Crippen LogP contribution in [-0.2, 0) is 9.59 Å². The van der Waals surface area contributed by atoms with E-state index in [0.29, 0.717) is 17.1 Å². The van der Waals surface area contributed by atoms with Gasteiger partial charge in [0.2, 0.25) is 5.91 Å². The largest absolute Gasteiger partial charge is 0.476 e. The van der Waals surface area contributed by atoms with Gasteiger partial charge in [0.25, 0.3) is 5.91 Å². The van der Waals surface area contributed by atoms with Crippen LogP contribution < -0.4 is 15.0 Å². The summed E-state index contributed by atoms with van der Waals surface area (Å²) >= 11 is 5.70. The van der Waals surface area contributed by atoms with Crippen molar-refractivity contribution in [2.75, 3.05) is 16.8 Å². The van der Waals surface area contributed by atoms with Crippen molar-refractivity contribution in [2.45, 2.75) is 13.0 Å². The van der Waals surface area contributed by atoms with Gasteiger partial charge in [-0.2, -0.15) is 0 Å². The minimum Gasteiger partial charge on any atom is -0.476 e. The molecule has 1 unspecified atom stereocenters. The molecule has 2 amide bonds. The number of carbonyl (C=O) groups is 2. The van der Waals surface area contributed by atoms with Crippen LogP contribution in [-0.4, -0.2) is 24.5 Å². The Kier molecular flexibility index (Phi) is 4.40. The van der Waals surface area contributed by atoms with Gasteiger partial charge >= 0.3 is 0 Å². The van der Waals surface area contributed by atoms with Crippen LogP contribution in [0.5, 0.6) is 5.75 Å². The van der Waals surface area contributed by atoms with E-state index in [1.165, 1.54) is 24.0 Å². The summed E-state index contributed by atoms with van der Waals surface area (Å²) in [7, 11) is 0. The second-order valence-corrected chi connectivity index (χ2v) is 5.73. The second kappa shape index (κ2) is 6.49. The molecule has 2 aromatic rings. The quantitative estimate of drug-likeness (QED) is 0.906. The van der Waals surface area contributed by atoms with Crippen LogP contribution >= 0.6 is 11.6 Å². The van der Waals surface area contributed by atoms with E-state index in [9.17, 15) is 14.0 Å². The van der Waals surface area contributed by atoms with Crippen molar-refractivity contribution in [3.05, 3.63) is 53.3 Å². The van der Waals surface area contributed by atoms with Crippen molar-refractivity contribution in [3.63, 3.8) is 0 Å². The number of rotatable bonds is 2. The Bertz CT molecular complexity index is 812. The molecule has 0 aromatic heterocycles. The fourth-order valence-corrected chi connectivity index (χ4v) is 2.65. The first-order valence-electron chi connectivity index (χ1n) is 7.25. The van der Waals surface area contributed by atoms with Gasteiger partial charge in [-0.05, 0) is 30.3 Å². The molecule has 1 heterocycles. The molecule has 1 atom stereocenters. The minimum absolute atomic E-state index is 0.0897. The van der Waals surface area contributed by atoms with E-state index in [-0.39, 0.29) is 17.5 Å². The van der Waals surface area contributed by atoms with Crippen molar-refractivity contribution in [2.24, 2.45) is 0 Å². The zero-order valence-corrected chi connectivity index (χ0v) is 13.5. The van der Waals surface area contributed by atoms with Gasteiger partial charge in [-0.25, -0.2) is 4.39 Å². The summed E-state index contributed by atoms with van der Waals surface area (Å²) in [5, 5.41) is 2.53. The normalized spacial score (nSPS) is 16.1. The lowest BCUT2D eigenvalue weighted by atomic mass is 10.1. The first-order chi connectivity index (χ1) is 11.5. The summed E-state index contributed by atoms with van der Waals surface area (Å²) in [6, 6.07) is 10.9. The lowest BCUT2D eigenvalue weighted by molar-refractivity contribution is -0.123. The average Bonchev–Trinajstić information content (AvgIpc) is 2.57. The van der Waals surface area contributed by atoms with E-state index in [1.807, 2.05) is 0 Å². The second-order valence-electron chi connectivity index (χ2n) is 5.32. The molecule has 3 rings (SSSR count). The molecule has 2 aromatic carbocycles. The van der Waals surface area contributed by atoms with Crippen LogP contribution in [0.4, 0.5) is 15.8 Å². The Balaban J connectivity index is 1.81. The van der Waals surface area contributed by atoms with Gasteiger partial charge in [0.15, 0.2) is 6.10 Å². The highest BCUT2D eigenvalue weighted by atomic mass is 35.5. The molecule has 1 aliphatic heterocycles. The molecular formula is C17H14ClFN2O3. The summed E-state index contributed by atoms with van der Waals surface area (Å²) in [5.41, 5.74) is 0.974. The lowest BCUT2D eigenvalue weighted by Gasteiger charge is -2.33. The Hall–Kier alpha value is -2.60. The van der Waals surface area contributed by atoms with Crippen LogP contribution in [0, 0.1) is 5.82 Å². The highest BCUT2D eigenvalue weighted by molar-refractivity contribution is 6.31. The number of fused-ring (bicyclic) bond motifs is 1. The Morgan fingerprint density at radius 1 is 1.29 bits per heavy atom. The fourth-order valence-electron chi connectivity index (χ4n) is 2.47. The number of amides is 2. The molecule has 1 N–H and O–H groups in total. The highest BCUT2D eigenvalue weighted by Gasteiger charge is 2.32. The predicted molar refractivity (Wildman–Crippen MR) is 88.9 cm³/mol. The minimum atomic E-state index is -0.882. The maximum atomic E-state index is 13.2. The molecule has 0 saturated carbocycles. The third-order valence-corrected chi connectivity index (χ3v) is 3.92. The van der Waals surface area contributed by atoms with E-state index in [4.69, 9.17) is 16.3 Å². The lowest BCUT2D eigenvalue weighted by Crippen LogP contribution is -2.48. The number of hydrogen-bond donors (Lipinski definition) is 1. The zero-order valence-electron chi connectivity index (χ0n) is 12.8. The molecule has 0 radical (unpaired) electrons. The smallest absolute Gasteiger partial charge is 0.267 e. The van der Waals surface area contributed by atoms with Gasteiger partial charge in [0.1, 0.15) is 11.6 Å². The standard InChI is InChI=1S/C17H14ClFN2O3/c1-10(22)21-9-16(24-15-5-3-2-4-14(15)21)17(23)20-11-6-7-13(19)12(18)8-11/h2-8,16H,9H2,1H3,(H,20,23). The number of benzene rings is 2. The van der Waals surface area contributed by atoms with E-state index >= 15 is 0 Å². The molecule has 0 fully saturated rings. The summed E-state index contributed by atoms with van der Waals surface area (Å²) in [5.74, 6) is -0.747. The molecule has 0 aliphatic carbocycles. The van der Waals surface area contributed by atoms with Crippen molar-refractivity contribution in [1.82, 2.24) is 0 Å². The molecule has 0 saturated heterocycles. The molecule has 24 heavy (non-hydrogen) atoms. The average molecular weight is 349 g/mol. The van der Waals surface area contributed by atoms with Gasteiger partial charge in [-0.15, -0.1) is 0 Å². The maximum absolute atomic E-state index is 13.2. The van der Waals surface area contributed by atoms with E-state index in [0.717, 1.165) is 6.07 Å². The molecule has 0 bridgehead atoms. The van der Waals surface area contributed by atoms with Crippen LogP contribution in [0.25, 0.3) is 0 Å². The third-order valence-electron chi connectivity index (χ3n) is 3.63. The topological polar surface area (TPSA) is 58.6 Å². The SMILES string of the molecule is CC(=O)N1CC(C(=O)Nc2ccc(F)c(Cl)c2)Oc2ccccc21. The van der Waals surface area contributed by atoms with Gasteiger partial charge in [0.05, 0.1) is 17.3 Å². The van der Waals surface area contributed by atoms with Gasteiger partial charge in [0, 0.05) is 12.6 Å². The van der Waals surface area contributed by atoms with Crippen molar-refractivity contribution >= 4 is 34.8 Å². The first-order valence-corrected chi connectivity index (χ1v) is 7.63. The number of anilines is 2. The molecule has 1 aliphatic rings.